The zero-order valence-electron chi connectivity index (χ0n) is 15.5. The molecule has 27 heavy (non-hydrogen) atoms. The lowest BCUT2D eigenvalue weighted by molar-refractivity contribution is 0.410. The topological polar surface area (TPSA) is 76.3 Å². The van der Waals surface area contributed by atoms with Gasteiger partial charge in [-0.3, -0.25) is 0 Å². The van der Waals surface area contributed by atoms with Crippen LogP contribution in [0.1, 0.15) is 26.7 Å². The maximum absolute atomic E-state index is 13.0. The molecule has 0 radical (unpaired) electrons. The van der Waals surface area contributed by atoms with E-state index in [-0.39, 0.29) is 4.90 Å². The first-order chi connectivity index (χ1) is 13.1. The molecule has 142 valence electrons. The van der Waals surface area contributed by atoms with Crippen molar-refractivity contribution in [2.45, 2.75) is 31.6 Å². The van der Waals surface area contributed by atoms with E-state index >= 15 is 0 Å². The molecule has 1 aromatic heterocycles. The number of benzene rings is 2. The second kappa shape index (κ2) is 8.45. The Morgan fingerprint density at radius 3 is 2.26 bits per heavy atom. The van der Waals surface area contributed by atoms with E-state index in [9.17, 15) is 8.42 Å². The van der Waals surface area contributed by atoms with Crippen LogP contribution in [0, 0.1) is 0 Å². The molecular formula is C20H23N3O3S. The predicted octanol–water partition coefficient (Wildman–Crippen LogP) is 4.21. The zero-order chi connectivity index (χ0) is 19.3. The highest BCUT2D eigenvalue weighted by Crippen LogP contribution is 2.25. The van der Waals surface area contributed by atoms with Crippen LogP contribution in [0.25, 0.3) is 22.8 Å². The Kier molecular flexibility index (Phi) is 6.03. The molecule has 0 spiro atoms. The Morgan fingerprint density at radius 1 is 0.926 bits per heavy atom. The van der Waals surface area contributed by atoms with E-state index in [0.29, 0.717) is 30.4 Å². The van der Waals surface area contributed by atoms with Gasteiger partial charge < -0.3 is 4.52 Å². The van der Waals surface area contributed by atoms with Gasteiger partial charge in [0.05, 0.1) is 4.90 Å². The van der Waals surface area contributed by atoms with Crippen LogP contribution in [-0.2, 0) is 10.0 Å². The maximum atomic E-state index is 13.0. The first-order valence-electron chi connectivity index (χ1n) is 9.06. The molecule has 0 saturated carbocycles. The lowest BCUT2D eigenvalue weighted by Gasteiger charge is -2.21. The normalized spacial score (nSPS) is 11.8. The minimum atomic E-state index is -3.56. The lowest BCUT2D eigenvalue weighted by atomic mass is 10.2. The summed E-state index contributed by atoms with van der Waals surface area (Å²) >= 11 is 0. The van der Waals surface area contributed by atoms with Gasteiger partial charge in [-0.05, 0) is 31.0 Å². The third-order valence-electron chi connectivity index (χ3n) is 4.12. The van der Waals surface area contributed by atoms with Crippen LogP contribution in [0.5, 0.6) is 0 Å². The van der Waals surface area contributed by atoms with Crippen molar-refractivity contribution in [3.63, 3.8) is 0 Å². The van der Waals surface area contributed by atoms with Gasteiger partial charge in [-0.25, -0.2) is 8.42 Å². The lowest BCUT2D eigenvalue weighted by Crippen LogP contribution is -2.32. The van der Waals surface area contributed by atoms with Gasteiger partial charge in [0.2, 0.25) is 15.8 Å². The Bertz CT molecular complexity index is 978. The maximum Gasteiger partial charge on any atom is 0.258 e. The van der Waals surface area contributed by atoms with E-state index in [1.807, 2.05) is 44.2 Å². The van der Waals surface area contributed by atoms with Crippen molar-refractivity contribution in [3.05, 3.63) is 54.6 Å². The molecular weight excluding hydrogens is 362 g/mol. The smallest absolute Gasteiger partial charge is 0.258 e. The highest BCUT2D eigenvalue weighted by molar-refractivity contribution is 7.89. The van der Waals surface area contributed by atoms with Gasteiger partial charge in [-0.15, -0.1) is 0 Å². The summed E-state index contributed by atoms with van der Waals surface area (Å²) in [7, 11) is -3.56. The Balaban J connectivity index is 1.93. The second-order valence-electron chi connectivity index (χ2n) is 6.22. The Morgan fingerprint density at radius 2 is 1.59 bits per heavy atom. The summed E-state index contributed by atoms with van der Waals surface area (Å²) in [6.07, 6.45) is 1.53. The summed E-state index contributed by atoms with van der Waals surface area (Å²) < 4.78 is 32.8. The molecule has 0 aliphatic heterocycles. The van der Waals surface area contributed by atoms with Crippen LogP contribution in [0.4, 0.5) is 0 Å². The highest BCUT2D eigenvalue weighted by atomic mass is 32.2. The molecule has 0 atom stereocenters. The van der Waals surface area contributed by atoms with E-state index in [1.165, 1.54) is 4.31 Å². The van der Waals surface area contributed by atoms with Gasteiger partial charge in [0, 0.05) is 24.2 Å². The van der Waals surface area contributed by atoms with Gasteiger partial charge in [0.25, 0.3) is 5.89 Å². The summed E-state index contributed by atoms with van der Waals surface area (Å²) in [4.78, 5) is 4.64. The van der Waals surface area contributed by atoms with Crippen molar-refractivity contribution in [1.29, 1.82) is 0 Å². The van der Waals surface area contributed by atoms with Gasteiger partial charge >= 0.3 is 0 Å². The molecule has 3 rings (SSSR count). The monoisotopic (exact) mass is 385 g/mol. The molecule has 1 heterocycles. The van der Waals surface area contributed by atoms with Crippen LogP contribution in [-0.4, -0.2) is 36.0 Å². The molecule has 0 unspecified atom stereocenters. The molecule has 0 bridgehead atoms. The van der Waals surface area contributed by atoms with E-state index in [4.69, 9.17) is 4.52 Å². The molecule has 0 saturated heterocycles. The van der Waals surface area contributed by atoms with E-state index in [0.717, 1.165) is 18.4 Å². The number of hydrogen-bond donors (Lipinski definition) is 0. The van der Waals surface area contributed by atoms with Crippen molar-refractivity contribution >= 4 is 10.0 Å². The number of aromatic nitrogens is 2. The van der Waals surface area contributed by atoms with Crippen LogP contribution in [0.3, 0.4) is 0 Å². The van der Waals surface area contributed by atoms with Gasteiger partial charge in [-0.1, -0.05) is 55.4 Å². The Hall–Kier alpha value is -2.51. The summed E-state index contributed by atoms with van der Waals surface area (Å²) in [5.74, 6) is 0.765. The molecule has 0 aliphatic carbocycles. The highest BCUT2D eigenvalue weighted by Gasteiger charge is 2.24. The second-order valence-corrected chi connectivity index (χ2v) is 8.16. The minimum Gasteiger partial charge on any atom is -0.334 e. The van der Waals surface area contributed by atoms with Crippen molar-refractivity contribution in [1.82, 2.24) is 14.4 Å². The average molecular weight is 385 g/mol. The van der Waals surface area contributed by atoms with Crippen LogP contribution in [0.15, 0.2) is 64.0 Å². The molecule has 6 nitrogen and oxygen atoms in total. The SMILES string of the molecule is CCCN(CCC)S(=O)(=O)c1cccc(-c2nc(-c3ccccc3)no2)c1. The average Bonchev–Trinajstić information content (AvgIpc) is 3.19. The molecule has 0 N–H and O–H groups in total. The summed E-state index contributed by atoms with van der Waals surface area (Å²) in [6, 6.07) is 16.2. The third kappa shape index (κ3) is 4.26. The fourth-order valence-corrected chi connectivity index (χ4v) is 4.51. The minimum absolute atomic E-state index is 0.237. The summed E-state index contributed by atoms with van der Waals surface area (Å²) in [5, 5.41) is 4.00. The number of sulfonamides is 1. The van der Waals surface area contributed by atoms with Crippen molar-refractivity contribution in [3.8, 4) is 22.8 Å². The van der Waals surface area contributed by atoms with E-state index in [2.05, 4.69) is 10.1 Å². The fraction of sp³-hybridized carbons (Fsp3) is 0.300. The van der Waals surface area contributed by atoms with Crippen molar-refractivity contribution in [2.24, 2.45) is 0 Å². The van der Waals surface area contributed by atoms with Crippen LogP contribution < -0.4 is 0 Å². The predicted molar refractivity (Wildman–Crippen MR) is 105 cm³/mol. The van der Waals surface area contributed by atoms with Gasteiger partial charge in [0.1, 0.15) is 0 Å². The van der Waals surface area contributed by atoms with E-state index in [1.54, 1.807) is 24.3 Å². The number of rotatable bonds is 8. The molecule has 0 aliphatic rings. The molecule has 2 aromatic carbocycles. The van der Waals surface area contributed by atoms with Gasteiger partial charge in [0.15, 0.2) is 0 Å². The van der Waals surface area contributed by atoms with E-state index < -0.39 is 10.0 Å². The summed E-state index contributed by atoms with van der Waals surface area (Å²) in [6.45, 7) is 4.94. The largest absolute Gasteiger partial charge is 0.334 e. The molecule has 0 fully saturated rings. The third-order valence-corrected chi connectivity index (χ3v) is 6.02. The molecule has 0 amide bonds. The quantitative estimate of drug-likeness (QED) is 0.580. The zero-order valence-corrected chi connectivity index (χ0v) is 16.3. The van der Waals surface area contributed by atoms with Gasteiger partial charge in [-0.2, -0.15) is 9.29 Å². The Labute approximate surface area is 159 Å². The standard InChI is InChI=1S/C20H23N3O3S/c1-3-13-23(14-4-2)27(24,25)18-12-8-11-17(15-18)20-21-19(22-26-20)16-9-6-5-7-10-16/h5-12,15H,3-4,13-14H2,1-2H3. The van der Waals surface area contributed by atoms with Crippen molar-refractivity contribution < 1.29 is 12.9 Å². The first kappa shape index (κ1) is 19.3. The molecule has 7 heteroatoms. The number of nitrogens with zero attached hydrogens (tertiary/aromatic N) is 3. The molecule has 3 aromatic rings. The fourth-order valence-electron chi connectivity index (χ4n) is 2.83. The number of hydrogen-bond acceptors (Lipinski definition) is 5. The van der Waals surface area contributed by atoms with Crippen LogP contribution in [0.2, 0.25) is 0 Å². The summed E-state index contributed by atoms with van der Waals surface area (Å²) in [5.41, 5.74) is 1.42. The van der Waals surface area contributed by atoms with Crippen molar-refractivity contribution in [2.75, 3.05) is 13.1 Å². The first-order valence-corrected chi connectivity index (χ1v) is 10.5. The van der Waals surface area contributed by atoms with Crippen LogP contribution >= 0.6 is 0 Å².